The summed E-state index contributed by atoms with van der Waals surface area (Å²) in [4.78, 5) is 73.7. The molecule has 18 heteroatoms. The van der Waals surface area contributed by atoms with Gasteiger partial charge in [-0.05, 0) is 103 Å². The second-order valence-electron chi connectivity index (χ2n) is 20.1. The SMILES string of the molecule is COC(=O)N[C@H](C(=O)N1CCC[C@H]1C1=Nc2cc(C3C=NC(c4ccc(-c5cnc([C@@H]6CCCN6C(=O)[C@@H](NC(=O)OC)C(C)C)[nH]5)cc4)=C4CC5(CCCC5)CC43)ccc2S(=O)(=O)N1)C(C)C. The number of hydrogen-bond acceptors (Lipinski definition) is 11. The predicted molar refractivity (Wildman–Crippen MR) is 256 cm³/mol. The van der Waals surface area contributed by atoms with Crippen molar-refractivity contribution in [1.82, 2.24) is 35.1 Å². The minimum atomic E-state index is -4.00. The van der Waals surface area contributed by atoms with Crippen molar-refractivity contribution in [3.05, 3.63) is 71.2 Å². The van der Waals surface area contributed by atoms with Crippen LogP contribution in [0.4, 0.5) is 15.3 Å². The highest BCUT2D eigenvalue weighted by Gasteiger charge is 2.49. The predicted octanol–water partition coefficient (Wildman–Crippen LogP) is 7.36. The molecule has 6 aliphatic rings. The Balaban J connectivity index is 0.965. The molecule has 1 aromatic heterocycles. The van der Waals surface area contributed by atoms with Gasteiger partial charge in [0, 0.05) is 30.8 Å². The van der Waals surface area contributed by atoms with Gasteiger partial charge in [-0.3, -0.25) is 19.3 Å². The summed E-state index contributed by atoms with van der Waals surface area (Å²) in [6.45, 7) is 8.44. The number of amides is 4. The Hall–Kier alpha value is -6.04. The zero-order valence-corrected chi connectivity index (χ0v) is 40.5. The lowest BCUT2D eigenvalue weighted by atomic mass is 9.78. The largest absolute Gasteiger partial charge is 0.453 e. The topological polar surface area (TPSA) is 217 Å². The number of carbonyl (C=O) groups is 4. The molecule has 2 unspecified atom stereocenters. The molecular weight excluding hydrogens is 887 g/mol. The Kier molecular flexibility index (Phi) is 13.0. The Labute approximate surface area is 398 Å². The van der Waals surface area contributed by atoms with Crippen molar-refractivity contribution in [2.24, 2.45) is 33.2 Å². The van der Waals surface area contributed by atoms with Crippen LogP contribution in [0.25, 0.3) is 17.0 Å². The first-order valence-electron chi connectivity index (χ1n) is 24.1. The second-order valence-corrected chi connectivity index (χ2v) is 21.7. The van der Waals surface area contributed by atoms with Crippen LogP contribution in [0, 0.1) is 23.2 Å². The fourth-order valence-electron chi connectivity index (χ4n) is 11.6. The number of allylic oxidation sites excluding steroid dienone is 1. The number of benzene rings is 2. The number of fused-ring (bicyclic) bond motifs is 2. The van der Waals surface area contributed by atoms with Gasteiger partial charge in [0.25, 0.3) is 10.0 Å². The molecule has 17 nitrogen and oxygen atoms in total. The van der Waals surface area contributed by atoms with Gasteiger partial charge in [0.2, 0.25) is 11.8 Å². The molecule has 2 saturated heterocycles. The minimum Gasteiger partial charge on any atom is -0.453 e. The number of hydrogen-bond donors (Lipinski definition) is 4. The molecule has 6 atom stereocenters. The molecule has 2 aromatic carbocycles. The molecule has 5 heterocycles. The standard InChI is InChI=1S/C50H63N9O8S/c1-28(2)41(55-48(62)66-5)46(60)58-21-9-11-38(58)44-52-27-37(54-44)30-13-15-31(16-14-30)43-34-25-50(19-7-8-20-50)24-33(34)35(26-51-43)32-17-18-40-36(23-32)53-45(57-68(40,64)65)39-12-10-22-59(39)47(61)42(29(3)4)56-49(63)67-6/h13-18,23,26-29,33,35,38-39,41-42H,7-12,19-22,24-25H2,1-6H3,(H,52,54)(H,53,57)(H,55,62)(H,56,63)/t33?,35?,38-,39-,41-,42-/m0/s1. The van der Waals surface area contributed by atoms with E-state index in [1.54, 1.807) is 11.0 Å². The highest BCUT2D eigenvalue weighted by molar-refractivity contribution is 7.90. The number of alkyl carbamates (subject to hydrolysis) is 2. The molecule has 362 valence electrons. The summed E-state index contributed by atoms with van der Waals surface area (Å²) in [6, 6.07) is 11.4. The zero-order chi connectivity index (χ0) is 48.1. The van der Waals surface area contributed by atoms with Gasteiger partial charge < -0.3 is 34.9 Å². The van der Waals surface area contributed by atoms with Gasteiger partial charge in [-0.25, -0.2) is 28.0 Å². The number of likely N-dealkylation sites (tertiary alicyclic amines) is 2. The van der Waals surface area contributed by atoms with Crippen molar-refractivity contribution in [2.45, 2.75) is 127 Å². The average molecular weight is 950 g/mol. The summed E-state index contributed by atoms with van der Waals surface area (Å²) in [5.74, 6) is 0.148. The minimum absolute atomic E-state index is 0.0856. The zero-order valence-electron chi connectivity index (χ0n) is 39.7. The Morgan fingerprint density at radius 1 is 0.809 bits per heavy atom. The van der Waals surface area contributed by atoms with Crippen LogP contribution in [0.5, 0.6) is 0 Å². The maximum atomic E-state index is 13.9. The molecule has 4 aliphatic heterocycles. The van der Waals surface area contributed by atoms with Crippen LogP contribution in [0.15, 0.2) is 69.1 Å². The molecule has 3 aromatic rings. The number of rotatable bonds is 11. The van der Waals surface area contributed by atoms with Crippen LogP contribution >= 0.6 is 0 Å². The number of amidine groups is 1. The van der Waals surface area contributed by atoms with Crippen LogP contribution < -0.4 is 15.4 Å². The average Bonchev–Trinajstić information content (AvgIpc) is 4.19. The number of aromatic amines is 1. The number of sulfonamides is 1. The number of imidazole rings is 1. The van der Waals surface area contributed by atoms with Crippen LogP contribution in [0.2, 0.25) is 0 Å². The van der Waals surface area contributed by atoms with Crippen molar-refractivity contribution in [3.8, 4) is 11.3 Å². The van der Waals surface area contributed by atoms with Crippen LogP contribution in [-0.4, -0.2) is 110 Å². The fourth-order valence-corrected chi connectivity index (χ4v) is 12.8. The van der Waals surface area contributed by atoms with Crippen molar-refractivity contribution >= 4 is 57.5 Å². The summed E-state index contributed by atoms with van der Waals surface area (Å²) in [7, 11) is -1.46. The summed E-state index contributed by atoms with van der Waals surface area (Å²) in [5, 5.41) is 5.36. The van der Waals surface area contributed by atoms with Gasteiger partial charge in [0.15, 0.2) is 0 Å². The van der Waals surface area contributed by atoms with Crippen LogP contribution in [0.3, 0.4) is 0 Å². The van der Waals surface area contributed by atoms with E-state index < -0.39 is 40.3 Å². The molecule has 0 radical (unpaired) electrons. The van der Waals surface area contributed by atoms with E-state index in [2.05, 4.69) is 44.6 Å². The molecule has 4 N–H and O–H groups in total. The van der Waals surface area contributed by atoms with Crippen molar-refractivity contribution < 1.29 is 37.1 Å². The Morgan fingerprint density at radius 3 is 2.03 bits per heavy atom. The third-order valence-electron chi connectivity index (χ3n) is 15.1. The lowest BCUT2D eigenvalue weighted by Crippen LogP contribution is -2.56. The Bertz CT molecular complexity index is 2670. The number of ether oxygens (including phenoxy) is 2. The number of nitrogens with zero attached hydrogens (tertiary/aromatic N) is 5. The highest BCUT2D eigenvalue weighted by Crippen LogP contribution is 2.60. The lowest BCUT2D eigenvalue weighted by Gasteiger charge is -2.33. The van der Waals surface area contributed by atoms with Gasteiger partial charge in [0.05, 0.1) is 49.6 Å². The van der Waals surface area contributed by atoms with E-state index in [0.29, 0.717) is 37.4 Å². The summed E-state index contributed by atoms with van der Waals surface area (Å²) >= 11 is 0. The molecule has 1 spiro atoms. The molecule has 68 heavy (non-hydrogen) atoms. The number of nitrogens with one attached hydrogen (secondary N) is 4. The molecule has 4 fully saturated rings. The lowest BCUT2D eigenvalue weighted by molar-refractivity contribution is -0.135. The molecular formula is C50H63N9O8S. The van der Waals surface area contributed by atoms with E-state index in [0.717, 1.165) is 53.8 Å². The quantitative estimate of drug-likeness (QED) is 0.151. The van der Waals surface area contributed by atoms with Gasteiger partial charge in [-0.1, -0.05) is 70.9 Å². The van der Waals surface area contributed by atoms with Gasteiger partial charge in [-0.2, -0.15) is 0 Å². The van der Waals surface area contributed by atoms with Gasteiger partial charge in [-0.15, -0.1) is 0 Å². The van der Waals surface area contributed by atoms with Gasteiger partial charge >= 0.3 is 12.2 Å². The van der Waals surface area contributed by atoms with E-state index >= 15 is 0 Å². The third-order valence-corrected chi connectivity index (χ3v) is 16.5. The van der Waals surface area contributed by atoms with Gasteiger partial charge in [0.1, 0.15) is 28.6 Å². The maximum absolute atomic E-state index is 13.9. The summed E-state index contributed by atoms with van der Waals surface area (Å²) in [5.41, 5.74) is 6.62. The number of carbonyl (C=O) groups excluding carboxylic acids is 4. The second kappa shape index (κ2) is 18.8. The summed E-state index contributed by atoms with van der Waals surface area (Å²) in [6.07, 6.45) is 12.0. The molecule has 9 rings (SSSR count). The van der Waals surface area contributed by atoms with Crippen LogP contribution in [-0.2, 0) is 29.1 Å². The van der Waals surface area contributed by atoms with Crippen LogP contribution in [0.1, 0.15) is 121 Å². The highest BCUT2D eigenvalue weighted by atomic mass is 32.2. The monoisotopic (exact) mass is 949 g/mol. The fraction of sp³-hybridized carbons (Fsp3) is 0.540. The first kappa shape index (κ1) is 47.0. The molecule has 2 saturated carbocycles. The number of aromatic nitrogens is 2. The summed E-state index contributed by atoms with van der Waals surface area (Å²) < 4.78 is 39.9. The van der Waals surface area contributed by atoms with E-state index in [-0.39, 0.29) is 57.7 Å². The van der Waals surface area contributed by atoms with E-state index in [9.17, 15) is 27.6 Å². The van der Waals surface area contributed by atoms with Crippen molar-refractivity contribution in [3.63, 3.8) is 0 Å². The smallest absolute Gasteiger partial charge is 0.407 e. The Morgan fingerprint density at radius 2 is 1.41 bits per heavy atom. The van der Waals surface area contributed by atoms with Crippen molar-refractivity contribution in [1.29, 1.82) is 0 Å². The van der Waals surface area contributed by atoms with E-state index in [4.69, 9.17) is 24.4 Å². The third kappa shape index (κ3) is 8.91. The first-order chi connectivity index (χ1) is 32.6. The maximum Gasteiger partial charge on any atom is 0.407 e. The van der Waals surface area contributed by atoms with Crippen molar-refractivity contribution in [2.75, 3.05) is 27.3 Å². The molecule has 4 amide bonds. The number of H-pyrrole nitrogens is 1. The normalized spacial score (nSPS) is 24.4. The number of aliphatic imine (C=N–C) groups is 2. The molecule has 0 bridgehead atoms. The van der Waals surface area contributed by atoms with E-state index in [1.165, 1.54) is 45.5 Å². The first-order valence-corrected chi connectivity index (χ1v) is 25.6. The molecule has 2 aliphatic carbocycles. The van der Waals surface area contributed by atoms with E-state index in [1.807, 2.05) is 57.1 Å². The number of methoxy groups -OCH3 is 2.